The predicted octanol–water partition coefficient (Wildman–Crippen LogP) is 8.81. The molecule has 3 aromatic carbocycles. The first-order valence-electron chi connectivity index (χ1n) is 8.88. The van der Waals surface area contributed by atoms with Gasteiger partial charge in [0.1, 0.15) is 0 Å². The van der Waals surface area contributed by atoms with Crippen LogP contribution in [0, 0.1) is 6.92 Å². The minimum atomic E-state index is -3.32. The Balaban J connectivity index is 2.05. The summed E-state index contributed by atoms with van der Waals surface area (Å²) in [7, 11) is -3.32. The third-order valence-electron chi connectivity index (χ3n) is 4.19. The van der Waals surface area contributed by atoms with Crippen molar-refractivity contribution in [2.24, 2.45) is 0 Å². The van der Waals surface area contributed by atoms with E-state index < -0.39 is 7.29 Å². The third kappa shape index (κ3) is 6.01. The largest absolute Gasteiger partial charge is 0.330 e. The molecule has 1 N–H and O–H groups in total. The van der Waals surface area contributed by atoms with Gasteiger partial charge in [-0.25, -0.2) is 0 Å². The second-order valence-electron chi connectivity index (χ2n) is 6.47. The highest BCUT2D eigenvalue weighted by Crippen LogP contribution is 2.53. The van der Waals surface area contributed by atoms with E-state index in [0.29, 0.717) is 20.8 Å². The van der Waals surface area contributed by atoms with Gasteiger partial charge in [0.2, 0.25) is 7.29 Å². The van der Waals surface area contributed by atoms with Crippen molar-refractivity contribution in [2.45, 2.75) is 6.92 Å². The molecule has 0 aromatic heterocycles. The van der Waals surface area contributed by atoms with Crippen molar-refractivity contribution < 1.29 is 4.57 Å². The molecule has 6 heteroatoms. The van der Waals surface area contributed by atoms with E-state index in [1.807, 2.05) is 79.7 Å². The van der Waals surface area contributed by atoms with Crippen molar-refractivity contribution in [2.75, 3.05) is 5.09 Å². The normalized spacial score (nSPS) is 14.3. The molecular weight excluding hydrogens is 444 g/mol. The van der Waals surface area contributed by atoms with E-state index in [4.69, 9.17) is 34.8 Å². The van der Waals surface area contributed by atoms with Crippen LogP contribution in [0.15, 0.2) is 90.5 Å². The number of benzene rings is 3. The van der Waals surface area contributed by atoms with Crippen LogP contribution in [0.2, 0.25) is 5.02 Å². The number of aryl methyl sites for hydroxylation is 1. The van der Waals surface area contributed by atoms with E-state index in [1.165, 1.54) is 11.6 Å². The van der Waals surface area contributed by atoms with Crippen molar-refractivity contribution in [3.63, 3.8) is 0 Å². The fourth-order valence-electron chi connectivity index (χ4n) is 2.65. The SMILES string of the molecule is Cc1ccc(NP(=O)(C=C(Cl)c2ccccc2)C=C(Cl)c2ccccc2)cc1Cl. The van der Waals surface area contributed by atoms with Gasteiger partial charge in [-0.1, -0.05) is 102 Å². The van der Waals surface area contributed by atoms with Crippen LogP contribution in [-0.4, -0.2) is 0 Å². The van der Waals surface area contributed by atoms with Crippen LogP contribution in [0.25, 0.3) is 10.1 Å². The lowest BCUT2D eigenvalue weighted by atomic mass is 10.2. The molecule has 3 rings (SSSR count). The maximum atomic E-state index is 13.9. The van der Waals surface area contributed by atoms with E-state index in [1.54, 1.807) is 6.07 Å². The summed E-state index contributed by atoms with van der Waals surface area (Å²) in [5.41, 5.74) is 3.08. The Morgan fingerprint density at radius 3 is 1.76 bits per heavy atom. The summed E-state index contributed by atoms with van der Waals surface area (Å²) in [6.45, 7) is 1.91. The highest BCUT2D eigenvalue weighted by Gasteiger charge is 2.20. The first-order chi connectivity index (χ1) is 13.9. The van der Waals surface area contributed by atoms with Crippen LogP contribution in [0.4, 0.5) is 5.69 Å². The van der Waals surface area contributed by atoms with Gasteiger partial charge in [0.15, 0.2) is 0 Å². The molecule has 0 amide bonds. The molecule has 3 aromatic rings. The Bertz CT molecular complexity index is 1040. The zero-order chi connectivity index (χ0) is 20.9. The van der Waals surface area contributed by atoms with Gasteiger partial charge in [-0.05, 0) is 35.7 Å². The average Bonchev–Trinajstić information content (AvgIpc) is 2.72. The molecule has 0 saturated heterocycles. The van der Waals surface area contributed by atoms with Crippen LogP contribution in [0.5, 0.6) is 0 Å². The lowest BCUT2D eigenvalue weighted by Crippen LogP contribution is -1.94. The molecule has 0 atom stereocenters. The molecule has 0 radical (unpaired) electrons. The van der Waals surface area contributed by atoms with E-state index in [9.17, 15) is 4.57 Å². The molecule has 148 valence electrons. The van der Waals surface area contributed by atoms with Gasteiger partial charge in [-0.2, -0.15) is 0 Å². The summed E-state index contributed by atoms with van der Waals surface area (Å²) in [5.74, 6) is 3.03. The van der Waals surface area contributed by atoms with Crippen LogP contribution in [0.1, 0.15) is 16.7 Å². The fourth-order valence-corrected chi connectivity index (χ4v) is 5.67. The van der Waals surface area contributed by atoms with E-state index in [2.05, 4.69) is 5.09 Å². The summed E-state index contributed by atoms with van der Waals surface area (Å²) in [5, 5.41) is 4.39. The Kier molecular flexibility index (Phi) is 7.27. The first kappa shape index (κ1) is 21.7. The topological polar surface area (TPSA) is 29.1 Å². The molecule has 0 saturated carbocycles. The molecule has 2 nitrogen and oxygen atoms in total. The van der Waals surface area contributed by atoms with Crippen molar-refractivity contribution in [3.05, 3.63) is 112 Å². The van der Waals surface area contributed by atoms with Gasteiger partial charge in [-0.3, -0.25) is 4.57 Å². The summed E-state index contributed by atoms with van der Waals surface area (Å²) in [6, 6.07) is 24.1. The van der Waals surface area contributed by atoms with Crippen molar-refractivity contribution >= 4 is 57.8 Å². The molecule has 0 heterocycles. The van der Waals surface area contributed by atoms with Crippen molar-refractivity contribution in [1.29, 1.82) is 0 Å². The number of hydrogen-bond acceptors (Lipinski definition) is 1. The highest BCUT2D eigenvalue weighted by atomic mass is 35.5. The van der Waals surface area contributed by atoms with E-state index in [-0.39, 0.29) is 0 Å². The molecular formula is C23H19Cl3NOP. The smallest absolute Gasteiger partial charge is 0.216 e. The Morgan fingerprint density at radius 2 is 1.31 bits per heavy atom. The predicted molar refractivity (Wildman–Crippen MR) is 128 cm³/mol. The zero-order valence-corrected chi connectivity index (χ0v) is 18.8. The number of halogens is 3. The zero-order valence-electron chi connectivity index (χ0n) is 15.6. The number of rotatable bonds is 6. The fraction of sp³-hybridized carbons (Fsp3) is 0.0435. The van der Waals surface area contributed by atoms with Gasteiger partial charge < -0.3 is 5.09 Å². The number of nitrogens with one attached hydrogen (secondary N) is 1. The number of anilines is 1. The monoisotopic (exact) mass is 461 g/mol. The second kappa shape index (κ2) is 9.69. The van der Waals surface area contributed by atoms with Gasteiger partial charge in [-0.15, -0.1) is 0 Å². The van der Waals surface area contributed by atoms with Gasteiger partial charge >= 0.3 is 0 Å². The van der Waals surface area contributed by atoms with E-state index >= 15 is 0 Å². The molecule has 29 heavy (non-hydrogen) atoms. The van der Waals surface area contributed by atoms with Crippen LogP contribution in [0.3, 0.4) is 0 Å². The summed E-state index contributed by atoms with van der Waals surface area (Å²) < 4.78 is 13.9. The van der Waals surface area contributed by atoms with Crippen molar-refractivity contribution in [1.82, 2.24) is 0 Å². The maximum Gasteiger partial charge on any atom is 0.216 e. The minimum Gasteiger partial charge on any atom is -0.330 e. The van der Waals surface area contributed by atoms with E-state index in [0.717, 1.165) is 16.7 Å². The number of hydrogen-bond donors (Lipinski definition) is 1. The van der Waals surface area contributed by atoms with Crippen molar-refractivity contribution in [3.8, 4) is 0 Å². The van der Waals surface area contributed by atoms with Gasteiger partial charge in [0.05, 0.1) is 10.1 Å². The Labute approximate surface area is 186 Å². The molecule has 0 aliphatic rings. The second-order valence-corrected chi connectivity index (χ2v) is 9.85. The molecule has 0 aliphatic heterocycles. The molecule has 0 spiro atoms. The quantitative estimate of drug-likeness (QED) is 0.371. The van der Waals surface area contributed by atoms with Crippen LogP contribution in [-0.2, 0) is 4.57 Å². The average molecular weight is 463 g/mol. The summed E-state index contributed by atoms with van der Waals surface area (Å²) >= 11 is 19.2. The minimum absolute atomic E-state index is 0.369. The lowest BCUT2D eigenvalue weighted by Gasteiger charge is -2.16. The molecule has 0 unspecified atom stereocenters. The maximum absolute atomic E-state index is 13.9. The van der Waals surface area contributed by atoms with Crippen LogP contribution < -0.4 is 5.09 Å². The van der Waals surface area contributed by atoms with Gasteiger partial charge in [0, 0.05) is 22.3 Å². The third-order valence-corrected chi connectivity index (χ3v) is 7.44. The highest BCUT2D eigenvalue weighted by molar-refractivity contribution is 7.72. The Morgan fingerprint density at radius 1 is 0.828 bits per heavy atom. The standard InChI is InChI=1S/C23H19Cl3NOP/c1-17-12-13-20(14-21(17)24)27-29(28,15-22(25)18-8-4-2-5-9-18)16-23(26)19-10-6-3-7-11-19/h2-16H,1H3,(H,27,28). The van der Waals surface area contributed by atoms with Crippen LogP contribution >= 0.6 is 42.1 Å². The Hall–Kier alpha value is -1.96. The summed E-state index contributed by atoms with van der Waals surface area (Å²) in [6.07, 6.45) is 0. The first-order valence-corrected chi connectivity index (χ1v) is 11.9. The summed E-state index contributed by atoms with van der Waals surface area (Å²) in [4.78, 5) is 0. The molecule has 0 bridgehead atoms. The lowest BCUT2D eigenvalue weighted by molar-refractivity contribution is 0.589. The molecule has 0 fully saturated rings. The molecule has 0 aliphatic carbocycles. The van der Waals surface area contributed by atoms with Gasteiger partial charge in [0.25, 0.3) is 0 Å².